The van der Waals surface area contributed by atoms with Crippen LogP contribution in [0.25, 0.3) is 0 Å². The topological polar surface area (TPSA) is 64.4 Å². The largest absolute Gasteiger partial charge is 0.496 e. The zero-order valence-electron chi connectivity index (χ0n) is 11.8. The molecule has 1 aromatic rings. The molecule has 0 heterocycles. The second-order valence-electron chi connectivity index (χ2n) is 5.01. The second kappa shape index (κ2) is 7.74. The quantitative estimate of drug-likeness (QED) is 0.446. The molecule has 0 aliphatic rings. The minimum absolute atomic E-state index is 0.0679. The van der Waals surface area contributed by atoms with Crippen LogP contribution in [0.3, 0.4) is 0 Å². The minimum Gasteiger partial charge on any atom is -0.496 e. The number of ether oxygens (including phenoxy) is 1. The van der Waals surface area contributed by atoms with Crippen molar-refractivity contribution in [3.8, 4) is 5.75 Å². The molecule has 0 fully saturated rings. The summed E-state index contributed by atoms with van der Waals surface area (Å²) >= 11 is 0. The first-order chi connectivity index (χ1) is 9.02. The normalized spacial score (nSPS) is 10.7. The predicted molar refractivity (Wildman–Crippen MR) is 75.4 cm³/mol. The summed E-state index contributed by atoms with van der Waals surface area (Å²) in [6, 6.07) is 4.84. The zero-order chi connectivity index (χ0) is 14.3. The molecule has 0 aromatic heterocycles. The molecule has 0 amide bonds. The van der Waals surface area contributed by atoms with Crippen molar-refractivity contribution in [1.29, 1.82) is 0 Å². The molecule has 1 rings (SSSR count). The molecule has 19 heavy (non-hydrogen) atoms. The highest BCUT2D eigenvalue weighted by Gasteiger charge is 2.09. The lowest BCUT2D eigenvalue weighted by atomic mass is 10.1. The summed E-state index contributed by atoms with van der Waals surface area (Å²) < 4.78 is 5.07. The van der Waals surface area contributed by atoms with Gasteiger partial charge in [-0.2, -0.15) is 0 Å². The molecular formula is C14H22N2O3. The Morgan fingerprint density at radius 3 is 2.68 bits per heavy atom. The van der Waals surface area contributed by atoms with E-state index in [0.717, 1.165) is 18.5 Å². The van der Waals surface area contributed by atoms with Crippen molar-refractivity contribution < 1.29 is 9.66 Å². The smallest absolute Gasteiger partial charge is 0.273 e. The van der Waals surface area contributed by atoms with E-state index in [-0.39, 0.29) is 5.69 Å². The number of benzene rings is 1. The van der Waals surface area contributed by atoms with E-state index in [1.165, 1.54) is 19.6 Å². The average molecular weight is 266 g/mol. The van der Waals surface area contributed by atoms with Crippen LogP contribution >= 0.6 is 0 Å². The highest BCUT2D eigenvalue weighted by atomic mass is 16.6. The number of nitrogens with one attached hydrogen (secondary N) is 1. The van der Waals surface area contributed by atoms with Crippen LogP contribution in [0.2, 0.25) is 0 Å². The monoisotopic (exact) mass is 266 g/mol. The molecule has 0 aliphatic heterocycles. The highest BCUT2D eigenvalue weighted by molar-refractivity contribution is 5.42. The Kier molecular flexibility index (Phi) is 6.29. The second-order valence-corrected chi connectivity index (χ2v) is 5.01. The summed E-state index contributed by atoms with van der Waals surface area (Å²) in [5.74, 6) is 1.23. The molecule has 0 unspecified atom stereocenters. The predicted octanol–water partition coefficient (Wildman–Crippen LogP) is 3.13. The fraction of sp³-hybridized carbons (Fsp3) is 0.571. The summed E-state index contributed by atoms with van der Waals surface area (Å²) in [5, 5.41) is 14.1. The molecule has 1 N–H and O–H groups in total. The van der Waals surface area contributed by atoms with Crippen molar-refractivity contribution in [2.45, 2.75) is 33.2 Å². The molecule has 0 atom stereocenters. The van der Waals surface area contributed by atoms with E-state index >= 15 is 0 Å². The number of methoxy groups -OCH3 is 1. The first-order valence-electron chi connectivity index (χ1n) is 6.56. The van der Waals surface area contributed by atoms with Gasteiger partial charge in [0.25, 0.3) is 5.69 Å². The molecule has 5 heteroatoms. The van der Waals surface area contributed by atoms with Crippen LogP contribution in [0.1, 0.15) is 32.3 Å². The van der Waals surface area contributed by atoms with Crippen LogP contribution in [0, 0.1) is 16.0 Å². The molecule has 5 nitrogen and oxygen atoms in total. The lowest BCUT2D eigenvalue weighted by Crippen LogP contribution is -2.15. The summed E-state index contributed by atoms with van der Waals surface area (Å²) in [7, 11) is 1.51. The number of nitrogens with zero attached hydrogens (tertiary/aromatic N) is 1. The van der Waals surface area contributed by atoms with Gasteiger partial charge in [-0.25, -0.2) is 0 Å². The van der Waals surface area contributed by atoms with Gasteiger partial charge in [-0.3, -0.25) is 10.1 Å². The van der Waals surface area contributed by atoms with Crippen LogP contribution in [-0.4, -0.2) is 18.6 Å². The number of hydrogen-bond acceptors (Lipinski definition) is 4. The van der Waals surface area contributed by atoms with Crippen molar-refractivity contribution in [3.63, 3.8) is 0 Å². The molecule has 0 aliphatic carbocycles. The van der Waals surface area contributed by atoms with Crippen molar-refractivity contribution >= 4 is 5.69 Å². The lowest BCUT2D eigenvalue weighted by molar-refractivity contribution is -0.385. The molecule has 0 bridgehead atoms. The van der Waals surface area contributed by atoms with E-state index in [9.17, 15) is 10.1 Å². The molecule has 0 saturated heterocycles. The Morgan fingerprint density at radius 2 is 2.11 bits per heavy atom. The number of hydrogen-bond donors (Lipinski definition) is 1. The van der Waals surface area contributed by atoms with Gasteiger partial charge in [0.1, 0.15) is 5.75 Å². The SMILES string of the molecule is COc1cc(CNCCCC(C)C)cc([N+](=O)[O-])c1. The van der Waals surface area contributed by atoms with Gasteiger partial charge in [0.05, 0.1) is 18.1 Å². The third-order valence-corrected chi connectivity index (χ3v) is 2.86. The van der Waals surface area contributed by atoms with Gasteiger partial charge >= 0.3 is 0 Å². The van der Waals surface area contributed by atoms with Crippen molar-refractivity contribution in [2.24, 2.45) is 5.92 Å². The Hall–Kier alpha value is -1.62. The number of nitro benzene ring substituents is 1. The molecule has 0 spiro atoms. The maximum Gasteiger partial charge on any atom is 0.273 e. The number of nitro groups is 1. The van der Waals surface area contributed by atoms with Crippen LogP contribution < -0.4 is 10.1 Å². The first kappa shape index (κ1) is 15.4. The third kappa shape index (κ3) is 5.70. The Morgan fingerprint density at radius 1 is 1.37 bits per heavy atom. The fourth-order valence-electron chi connectivity index (χ4n) is 1.84. The fourth-order valence-corrected chi connectivity index (χ4v) is 1.84. The first-order valence-corrected chi connectivity index (χ1v) is 6.56. The zero-order valence-corrected chi connectivity index (χ0v) is 11.8. The number of non-ortho nitro benzene ring substituents is 1. The highest BCUT2D eigenvalue weighted by Crippen LogP contribution is 2.22. The molecule has 0 saturated carbocycles. The molecule has 0 radical (unpaired) electrons. The van der Waals surface area contributed by atoms with E-state index in [4.69, 9.17) is 4.74 Å². The van der Waals surface area contributed by atoms with Gasteiger partial charge in [-0.05, 0) is 36.9 Å². The molecular weight excluding hydrogens is 244 g/mol. The Labute approximate surface area is 114 Å². The van der Waals surface area contributed by atoms with Crippen LogP contribution in [0.15, 0.2) is 18.2 Å². The van der Waals surface area contributed by atoms with Crippen LogP contribution in [0.4, 0.5) is 5.69 Å². The van der Waals surface area contributed by atoms with E-state index in [1.54, 1.807) is 6.07 Å². The standard InChI is InChI=1S/C14H22N2O3/c1-11(2)5-4-6-15-10-12-7-13(16(17)18)9-14(8-12)19-3/h7-9,11,15H,4-6,10H2,1-3H3. The maximum absolute atomic E-state index is 10.8. The van der Waals surface area contributed by atoms with Gasteiger partial charge in [-0.1, -0.05) is 13.8 Å². The van der Waals surface area contributed by atoms with Gasteiger partial charge in [0.15, 0.2) is 0 Å². The van der Waals surface area contributed by atoms with Gasteiger partial charge in [-0.15, -0.1) is 0 Å². The maximum atomic E-state index is 10.8. The van der Waals surface area contributed by atoms with Crippen LogP contribution in [-0.2, 0) is 6.54 Å². The lowest BCUT2D eigenvalue weighted by Gasteiger charge is -2.08. The van der Waals surface area contributed by atoms with Crippen LogP contribution in [0.5, 0.6) is 5.75 Å². The summed E-state index contributed by atoms with van der Waals surface area (Å²) in [4.78, 5) is 10.4. The third-order valence-electron chi connectivity index (χ3n) is 2.86. The van der Waals surface area contributed by atoms with E-state index in [2.05, 4.69) is 19.2 Å². The van der Waals surface area contributed by atoms with Gasteiger partial charge in [0, 0.05) is 12.6 Å². The molecule has 106 valence electrons. The van der Waals surface area contributed by atoms with E-state index in [1.807, 2.05) is 6.07 Å². The number of rotatable bonds is 8. The van der Waals surface area contributed by atoms with Crippen molar-refractivity contribution in [1.82, 2.24) is 5.32 Å². The minimum atomic E-state index is -0.398. The average Bonchev–Trinajstić information content (AvgIpc) is 2.37. The van der Waals surface area contributed by atoms with Crippen molar-refractivity contribution in [2.75, 3.05) is 13.7 Å². The summed E-state index contributed by atoms with van der Waals surface area (Å²) in [6.45, 7) is 5.94. The van der Waals surface area contributed by atoms with E-state index < -0.39 is 4.92 Å². The van der Waals surface area contributed by atoms with Gasteiger partial charge < -0.3 is 10.1 Å². The van der Waals surface area contributed by atoms with E-state index in [0.29, 0.717) is 18.2 Å². The van der Waals surface area contributed by atoms with Gasteiger partial charge in [0.2, 0.25) is 0 Å². The summed E-state index contributed by atoms with van der Waals surface area (Å²) in [6.07, 6.45) is 2.30. The van der Waals surface area contributed by atoms with Crippen molar-refractivity contribution in [3.05, 3.63) is 33.9 Å². The summed E-state index contributed by atoms with van der Waals surface area (Å²) in [5.41, 5.74) is 0.939. The Balaban J connectivity index is 2.53. The molecule has 1 aromatic carbocycles. The Bertz CT molecular complexity index is 419.